The Morgan fingerprint density at radius 1 is 1.25 bits per heavy atom. The Morgan fingerprint density at radius 2 is 1.92 bits per heavy atom. The Hall–Kier alpha value is -1.06. The quantitative estimate of drug-likeness (QED) is 0.644. The summed E-state index contributed by atoms with van der Waals surface area (Å²) >= 11 is 0. The fourth-order valence-electron chi connectivity index (χ4n) is 0.934. The van der Waals surface area contributed by atoms with Crippen molar-refractivity contribution in [3.05, 3.63) is 41.9 Å². The number of hydrogen-bond acceptors (Lipinski definition) is 2. The molecule has 1 aromatic carbocycles. The second-order valence-corrected chi connectivity index (χ2v) is 2.21. The van der Waals surface area contributed by atoms with Crippen molar-refractivity contribution >= 4 is 0 Å². The Bertz CT molecular complexity index is 246. The van der Waals surface area contributed by atoms with Gasteiger partial charge in [-0.05, 0) is 0 Å². The normalized spacial score (nSPS) is 9.92. The van der Waals surface area contributed by atoms with Crippen molar-refractivity contribution in [3.8, 4) is 0 Å². The molecule has 2 nitrogen and oxygen atoms in total. The Kier molecular flexibility index (Phi) is 3.08. The zero-order valence-electron chi connectivity index (χ0n) is 7.00. The van der Waals surface area contributed by atoms with Crippen molar-refractivity contribution < 1.29 is 13.9 Å². The molecular weight excluding hydrogens is 159 g/mol. The van der Waals surface area contributed by atoms with Crippen LogP contribution in [0.2, 0.25) is 0 Å². The third-order valence-electron chi connectivity index (χ3n) is 1.43. The van der Waals surface area contributed by atoms with Gasteiger partial charge >= 0.3 is 0 Å². The summed E-state index contributed by atoms with van der Waals surface area (Å²) in [6, 6.07) is 6.03. The van der Waals surface area contributed by atoms with E-state index in [1.54, 1.807) is 12.1 Å². The van der Waals surface area contributed by atoms with Crippen LogP contribution in [0, 0.1) is 12.1 Å². The van der Waals surface area contributed by atoms with E-state index in [1.807, 2.05) is 0 Å². The molecule has 0 unspecified atom stereocenters. The molecule has 0 aromatic heterocycles. The molecule has 0 bridgehead atoms. The van der Waals surface area contributed by atoms with Gasteiger partial charge < -0.3 is 9.47 Å². The lowest BCUT2D eigenvalue weighted by Crippen LogP contribution is -2.04. The van der Waals surface area contributed by atoms with Crippen molar-refractivity contribution in [2.45, 2.75) is 0 Å². The molecule has 0 radical (unpaired) electrons. The maximum Gasteiger partial charge on any atom is 0.0729 e. The molecule has 3 heteroatoms. The summed E-state index contributed by atoms with van der Waals surface area (Å²) in [6.07, 6.45) is 0.314. The fourth-order valence-corrected chi connectivity index (χ4v) is 0.934. The predicted octanol–water partition coefficient (Wildman–Crippen LogP) is 1.96. The third kappa shape index (κ3) is 1.96. The van der Waals surface area contributed by atoms with E-state index < -0.39 is 0 Å². The minimum Gasteiger partial charge on any atom is -0.388 e. The molecule has 0 spiro atoms. The average Bonchev–Trinajstić information content (AvgIpc) is 2.07. The first-order chi connectivity index (χ1) is 5.77. The van der Waals surface area contributed by atoms with Gasteiger partial charge in [0, 0.05) is 14.2 Å². The lowest BCUT2D eigenvalue weighted by molar-refractivity contribution is 0.0267. The summed E-state index contributed by atoms with van der Waals surface area (Å²) in [4.78, 5) is 0. The molecule has 1 rings (SSSR count). The van der Waals surface area contributed by atoms with Crippen molar-refractivity contribution in [1.82, 2.24) is 0 Å². The summed E-state index contributed by atoms with van der Waals surface area (Å²) in [7, 11) is 2.95. The van der Waals surface area contributed by atoms with Crippen LogP contribution in [-0.4, -0.2) is 14.2 Å². The summed E-state index contributed by atoms with van der Waals surface area (Å²) in [5.41, 5.74) is 0.597. The fraction of sp³-hybridized carbons (Fsp3) is 0.222. The van der Waals surface area contributed by atoms with Gasteiger partial charge in [0.15, 0.2) is 0 Å². The largest absolute Gasteiger partial charge is 0.388 e. The van der Waals surface area contributed by atoms with Gasteiger partial charge in [-0.25, -0.2) is 4.39 Å². The first-order valence-corrected chi connectivity index (χ1v) is 3.49. The highest BCUT2D eigenvalue weighted by atomic mass is 19.1. The first-order valence-electron chi connectivity index (χ1n) is 3.49. The topological polar surface area (TPSA) is 18.5 Å². The van der Waals surface area contributed by atoms with Gasteiger partial charge in [-0.3, -0.25) is 0 Å². The van der Waals surface area contributed by atoms with Crippen LogP contribution in [0.15, 0.2) is 24.3 Å². The van der Waals surface area contributed by atoms with Crippen LogP contribution >= 0.6 is 0 Å². The number of rotatable bonds is 3. The predicted molar refractivity (Wildman–Crippen MR) is 42.8 cm³/mol. The average molecular weight is 169 g/mol. The monoisotopic (exact) mass is 169 g/mol. The number of benzene rings is 1. The van der Waals surface area contributed by atoms with Gasteiger partial charge in [-0.1, -0.05) is 6.07 Å². The van der Waals surface area contributed by atoms with Crippen LogP contribution in [-0.2, 0) is 9.47 Å². The van der Waals surface area contributed by atoms with Crippen molar-refractivity contribution in [2.75, 3.05) is 14.2 Å². The van der Waals surface area contributed by atoms with E-state index in [-0.39, 0.29) is 5.82 Å². The highest BCUT2D eigenvalue weighted by molar-refractivity contribution is 5.24. The molecule has 0 amide bonds. The van der Waals surface area contributed by atoms with Crippen LogP contribution in [0.5, 0.6) is 0 Å². The molecule has 1 aromatic rings. The van der Waals surface area contributed by atoms with Gasteiger partial charge in [0.05, 0.1) is 12.1 Å². The summed E-state index contributed by atoms with van der Waals surface area (Å²) in [6.45, 7) is 0. The van der Waals surface area contributed by atoms with E-state index in [0.29, 0.717) is 11.9 Å². The molecule has 0 aliphatic carbocycles. The van der Waals surface area contributed by atoms with Gasteiger partial charge in [0.25, 0.3) is 0 Å². The smallest absolute Gasteiger partial charge is 0.0729 e. The van der Waals surface area contributed by atoms with Crippen molar-refractivity contribution in [3.63, 3.8) is 0 Å². The molecule has 66 valence electrons. The molecular formula is C9H10FO2-. The zero-order chi connectivity index (χ0) is 8.97. The van der Waals surface area contributed by atoms with Crippen LogP contribution in [0.1, 0.15) is 5.56 Å². The van der Waals surface area contributed by atoms with Crippen molar-refractivity contribution in [2.24, 2.45) is 0 Å². The maximum absolute atomic E-state index is 12.7. The van der Waals surface area contributed by atoms with E-state index in [4.69, 9.17) is 9.47 Å². The molecule has 0 atom stereocenters. The van der Waals surface area contributed by atoms with Crippen LogP contribution in [0.4, 0.5) is 4.39 Å². The first kappa shape index (κ1) is 9.03. The second-order valence-electron chi connectivity index (χ2n) is 2.21. The third-order valence-corrected chi connectivity index (χ3v) is 1.43. The second kappa shape index (κ2) is 4.09. The number of halogens is 1. The lowest BCUT2D eigenvalue weighted by atomic mass is 10.2. The Morgan fingerprint density at radius 3 is 2.42 bits per heavy atom. The Balaban J connectivity index is 2.85. The minimum absolute atomic E-state index is 0.306. The van der Waals surface area contributed by atoms with Gasteiger partial charge in [0.1, 0.15) is 0 Å². The molecule has 0 N–H and O–H groups in total. The van der Waals surface area contributed by atoms with Crippen molar-refractivity contribution in [1.29, 1.82) is 0 Å². The number of methoxy groups -OCH3 is 2. The molecule has 0 fully saturated rings. The molecule has 0 saturated heterocycles. The molecule has 0 aliphatic rings. The van der Waals surface area contributed by atoms with Crippen LogP contribution in [0.3, 0.4) is 0 Å². The maximum atomic E-state index is 12.7. The Labute approximate surface area is 70.9 Å². The molecule has 0 aliphatic heterocycles. The lowest BCUT2D eigenvalue weighted by Gasteiger charge is -2.21. The van der Waals surface area contributed by atoms with E-state index >= 15 is 0 Å². The van der Waals surface area contributed by atoms with E-state index in [1.165, 1.54) is 26.4 Å². The zero-order valence-corrected chi connectivity index (χ0v) is 7.00. The van der Waals surface area contributed by atoms with E-state index in [2.05, 4.69) is 0 Å². The standard InChI is InChI=1S/C9H10FO2/c1-11-9(12-2)7-4-3-5-8(10)6-7/h3-6H,1-2H3/q-1. The highest BCUT2D eigenvalue weighted by Crippen LogP contribution is 2.16. The highest BCUT2D eigenvalue weighted by Gasteiger charge is 1.98. The summed E-state index contributed by atoms with van der Waals surface area (Å²) in [5.74, 6) is -0.306. The van der Waals surface area contributed by atoms with Gasteiger partial charge in [-0.15, -0.1) is 17.7 Å². The number of ether oxygens (including phenoxy) is 2. The molecule has 0 heterocycles. The molecule has 12 heavy (non-hydrogen) atoms. The molecule has 0 saturated carbocycles. The minimum atomic E-state index is -0.306. The van der Waals surface area contributed by atoms with Gasteiger partial charge in [0.2, 0.25) is 0 Å². The van der Waals surface area contributed by atoms with E-state index in [0.717, 1.165) is 0 Å². The SMILES string of the molecule is CO[C-](OC)c1cccc(F)c1. The van der Waals surface area contributed by atoms with Crippen LogP contribution in [0.25, 0.3) is 0 Å². The summed E-state index contributed by atoms with van der Waals surface area (Å²) in [5, 5.41) is 0. The van der Waals surface area contributed by atoms with Crippen LogP contribution < -0.4 is 0 Å². The summed E-state index contributed by atoms with van der Waals surface area (Å²) < 4.78 is 22.4. The van der Waals surface area contributed by atoms with E-state index in [9.17, 15) is 4.39 Å². The number of hydrogen-bond donors (Lipinski definition) is 0. The van der Waals surface area contributed by atoms with Gasteiger partial charge in [-0.2, -0.15) is 6.07 Å².